The Labute approximate surface area is 199 Å². The molecule has 0 radical (unpaired) electrons. The van der Waals surface area contributed by atoms with Crippen molar-refractivity contribution >= 4 is 17.7 Å². The monoisotopic (exact) mass is 460 g/mol. The van der Waals surface area contributed by atoms with Crippen molar-refractivity contribution in [3.05, 3.63) is 59.7 Å². The Morgan fingerprint density at radius 2 is 1.91 bits per heavy atom. The van der Waals surface area contributed by atoms with Gasteiger partial charge in [-0.1, -0.05) is 42.5 Å². The van der Waals surface area contributed by atoms with Crippen LogP contribution >= 0.6 is 11.8 Å². The van der Waals surface area contributed by atoms with E-state index in [9.17, 15) is 15.3 Å². The van der Waals surface area contributed by atoms with Gasteiger partial charge in [-0.25, -0.2) is 5.01 Å². The number of piperidine rings is 1. The van der Waals surface area contributed by atoms with Crippen molar-refractivity contribution in [2.24, 2.45) is 5.84 Å². The molecule has 2 aromatic rings. The molecular formula is C25H28N6OS. The van der Waals surface area contributed by atoms with Gasteiger partial charge in [0.1, 0.15) is 6.04 Å². The molecule has 0 aromatic heterocycles. The zero-order valence-corrected chi connectivity index (χ0v) is 19.4. The highest BCUT2D eigenvalue weighted by Crippen LogP contribution is 2.26. The third kappa shape index (κ3) is 5.55. The van der Waals surface area contributed by atoms with Crippen LogP contribution in [-0.4, -0.2) is 64.1 Å². The number of amides is 1. The fraction of sp³-hybridized carbons (Fsp3) is 0.400. The summed E-state index contributed by atoms with van der Waals surface area (Å²) in [5.41, 5.74) is 3.82. The third-order valence-electron chi connectivity index (χ3n) is 6.39. The molecule has 2 aliphatic heterocycles. The number of carbonyl (C=O) groups excluding carboxylic acids is 1. The Morgan fingerprint density at radius 1 is 1.15 bits per heavy atom. The number of hydrogen-bond donors (Lipinski definition) is 1. The average molecular weight is 461 g/mol. The number of carbonyl (C=O) groups is 1. The van der Waals surface area contributed by atoms with Crippen LogP contribution in [0.1, 0.15) is 24.0 Å². The molecule has 2 aromatic carbocycles. The lowest BCUT2D eigenvalue weighted by Crippen LogP contribution is -2.52. The van der Waals surface area contributed by atoms with Crippen LogP contribution < -0.4 is 5.84 Å². The smallest absolute Gasteiger partial charge is 0.239 e. The molecule has 33 heavy (non-hydrogen) atoms. The molecule has 0 aliphatic carbocycles. The maximum atomic E-state index is 12.6. The Kier molecular flexibility index (Phi) is 7.64. The van der Waals surface area contributed by atoms with E-state index in [1.165, 1.54) is 0 Å². The van der Waals surface area contributed by atoms with Gasteiger partial charge in [0.05, 0.1) is 30.1 Å². The molecule has 2 heterocycles. The molecule has 8 heteroatoms. The van der Waals surface area contributed by atoms with Gasteiger partial charge in [0.25, 0.3) is 0 Å². The maximum absolute atomic E-state index is 12.6. The van der Waals surface area contributed by atoms with Gasteiger partial charge in [0.2, 0.25) is 5.91 Å². The van der Waals surface area contributed by atoms with Gasteiger partial charge in [-0.2, -0.15) is 10.5 Å². The molecule has 0 spiro atoms. The number of rotatable bonds is 6. The minimum absolute atomic E-state index is 0.0704. The van der Waals surface area contributed by atoms with E-state index in [1.54, 1.807) is 21.7 Å². The quantitative estimate of drug-likeness (QED) is 0.523. The van der Waals surface area contributed by atoms with Gasteiger partial charge in [0.15, 0.2) is 0 Å². The van der Waals surface area contributed by atoms with Crippen LogP contribution in [-0.2, 0) is 11.3 Å². The normalized spacial score (nSPS) is 19.4. The van der Waals surface area contributed by atoms with E-state index in [2.05, 4.69) is 23.1 Å². The predicted octanol–water partition coefficient (Wildman–Crippen LogP) is 2.79. The van der Waals surface area contributed by atoms with Gasteiger partial charge < -0.3 is 4.90 Å². The zero-order valence-electron chi connectivity index (χ0n) is 18.6. The minimum Gasteiger partial charge on any atom is -0.315 e. The van der Waals surface area contributed by atoms with E-state index in [4.69, 9.17) is 5.84 Å². The van der Waals surface area contributed by atoms with Gasteiger partial charge in [-0.3, -0.25) is 15.5 Å². The van der Waals surface area contributed by atoms with Crippen molar-refractivity contribution in [3.8, 4) is 23.3 Å². The molecule has 0 saturated carbocycles. The number of thioether (sulfide) groups is 1. The summed E-state index contributed by atoms with van der Waals surface area (Å²) < 4.78 is 0. The summed E-state index contributed by atoms with van der Waals surface area (Å²) >= 11 is 1.61. The molecule has 1 amide bonds. The van der Waals surface area contributed by atoms with Crippen molar-refractivity contribution in [1.29, 1.82) is 10.5 Å². The summed E-state index contributed by atoms with van der Waals surface area (Å²) in [6.45, 7) is 2.70. The summed E-state index contributed by atoms with van der Waals surface area (Å²) in [4.78, 5) is 16.6. The van der Waals surface area contributed by atoms with E-state index in [0.29, 0.717) is 17.2 Å². The highest BCUT2D eigenvalue weighted by molar-refractivity contribution is 7.99. The van der Waals surface area contributed by atoms with E-state index >= 15 is 0 Å². The second-order valence-electron chi connectivity index (χ2n) is 8.55. The molecule has 2 N–H and O–H groups in total. The second-order valence-corrected chi connectivity index (χ2v) is 9.55. The van der Waals surface area contributed by atoms with Crippen LogP contribution in [0.3, 0.4) is 0 Å². The molecule has 2 aliphatic rings. The molecule has 7 nitrogen and oxygen atoms in total. The van der Waals surface area contributed by atoms with Crippen LogP contribution in [0.2, 0.25) is 0 Å². The molecule has 2 fully saturated rings. The lowest BCUT2D eigenvalue weighted by molar-refractivity contribution is -0.132. The number of nitrogens with two attached hydrogens (primary N) is 1. The van der Waals surface area contributed by atoms with Gasteiger partial charge >= 0.3 is 0 Å². The minimum atomic E-state index is -0.343. The van der Waals surface area contributed by atoms with Gasteiger partial charge in [0, 0.05) is 31.4 Å². The maximum Gasteiger partial charge on any atom is 0.239 e. The Balaban J connectivity index is 1.30. The molecule has 170 valence electrons. The Bertz CT molecular complexity index is 1050. The van der Waals surface area contributed by atoms with Crippen molar-refractivity contribution in [1.82, 2.24) is 14.8 Å². The third-order valence-corrected chi connectivity index (χ3v) is 7.40. The van der Waals surface area contributed by atoms with Crippen molar-refractivity contribution < 1.29 is 4.79 Å². The summed E-state index contributed by atoms with van der Waals surface area (Å²) in [6, 6.07) is 20.4. The fourth-order valence-corrected chi connectivity index (χ4v) is 5.59. The van der Waals surface area contributed by atoms with Crippen LogP contribution in [0.25, 0.3) is 11.1 Å². The van der Waals surface area contributed by atoms with Crippen LogP contribution in [0.5, 0.6) is 0 Å². The molecule has 2 saturated heterocycles. The largest absolute Gasteiger partial charge is 0.315 e. The first kappa shape index (κ1) is 23.3. The highest BCUT2D eigenvalue weighted by atomic mass is 32.2. The second kappa shape index (κ2) is 10.8. The fourth-order valence-electron chi connectivity index (χ4n) is 4.49. The first-order valence-electron chi connectivity index (χ1n) is 11.2. The van der Waals surface area contributed by atoms with Crippen molar-refractivity contribution in [2.45, 2.75) is 31.5 Å². The molecule has 1 atom stereocenters. The SMILES string of the molecule is N#Cc1cc(CN2CCC(N(N)CC(=O)N3CSC[C@H]3C#N)CC2)ccc1-c1ccccc1. The first-order valence-corrected chi connectivity index (χ1v) is 12.3. The molecular weight excluding hydrogens is 432 g/mol. The lowest BCUT2D eigenvalue weighted by Gasteiger charge is -2.36. The van der Waals surface area contributed by atoms with Crippen LogP contribution in [0.4, 0.5) is 0 Å². The topological polar surface area (TPSA) is 100 Å². The molecule has 0 bridgehead atoms. The summed E-state index contributed by atoms with van der Waals surface area (Å²) in [5, 5.41) is 20.5. The molecule has 4 rings (SSSR count). The number of hydrazine groups is 1. The van der Waals surface area contributed by atoms with E-state index in [0.717, 1.165) is 49.2 Å². The van der Waals surface area contributed by atoms with Crippen LogP contribution in [0.15, 0.2) is 48.5 Å². The number of nitriles is 2. The molecule has 0 unspecified atom stereocenters. The van der Waals surface area contributed by atoms with Crippen LogP contribution in [0, 0.1) is 22.7 Å². The standard InChI is InChI=1S/C25H28N6OS/c26-13-21-12-19(6-7-24(21)20-4-2-1-3-5-20)15-29-10-8-22(9-11-29)31(28)16-25(32)30-18-33-17-23(30)14-27/h1-7,12,22-23H,8-11,15-18,28H2/t23-/m1/s1. The van der Waals surface area contributed by atoms with Gasteiger partial charge in [-0.15, -0.1) is 11.8 Å². The van der Waals surface area contributed by atoms with E-state index in [-0.39, 0.29) is 24.5 Å². The number of hydrogen-bond acceptors (Lipinski definition) is 7. The summed E-state index contributed by atoms with van der Waals surface area (Å²) in [6.07, 6.45) is 1.76. The van der Waals surface area contributed by atoms with Crippen molar-refractivity contribution in [3.63, 3.8) is 0 Å². The predicted molar refractivity (Wildman–Crippen MR) is 129 cm³/mol. The number of benzene rings is 2. The Morgan fingerprint density at radius 3 is 2.61 bits per heavy atom. The summed E-state index contributed by atoms with van der Waals surface area (Å²) in [5.74, 6) is 7.42. The average Bonchev–Trinajstić information content (AvgIpc) is 3.34. The number of nitrogens with zero attached hydrogens (tertiary/aromatic N) is 5. The number of likely N-dealkylation sites (tertiary alicyclic amines) is 1. The lowest BCUT2D eigenvalue weighted by atomic mass is 9.97. The van der Waals surface area contributed by atoms with Crippen molar-refractivity contribution in [2.75, 3.05) is 31.3 Å². The zero-order chi connectivity index (χ0) is 23.2. The van der Waals surface area contributed by atoms with E-state index in [1.807, 2.05) is 42.5 Å². The first-order chi connectivity index (χ1) is 16.1. The van der Waals surface area contributed by atoms with E-state index < -0.39 is 0 Å². The Hall–Kier alpha value is -2.88. The summed E-state index contributed by atoms with van der Waals surface area (Å²) in [7, 11) is 0. The highest BCUT2D eigenvalue weighted by Gasteiger charge is 2.31. The van der Waals surface area contributed by atoms with Gasteiger partial charge in [-0.05, 0) is 35.6 Å².